The average molecular weight is 577 g/mol. The van der Waals surface area contributed by atoms with Gasteiger partial charge in [-0.05, 0) is 47.4 Å². The summed E-state index contributed by atoms with van der Waals surface area (Å²) < 4.78 is 5.99. The van der Waals surface area contributed by atoms with Gasteiger partial charge in [0.15, 0.2) is 29.1 Å². The van der Waals surface area contributed by atoms with Gasteiger partial charge in [0.05, 0.1) is 12.0 Å². The van der Waals surface area contributed by atoms with Crippen molar-refractivity contribution < 1.29 is 55.8 Å². The third kappa shape index (κ3) is 4.30. The van der Waals surface area contributed by atoms with E-state index in [1.807, 2.05) is 0 Å². The molecule has 11 heteroatoms. The molecule has 10 N–H and O–H groups in total. The van der Waals surface area contributed by atoms with Crippen LogP contribution < -0.4 is 4.74 Å². The van der Waals surface area contributed by atoms with Gasteiger partial charge in [0.1, 0.15) is 34.9 Å². The zero-order valence-corrected chi connectivity index (χ0v) is 21.9. The van der Waals surface area contributed by atoms with E-state index in [4.69, 9.17) is 4.74 Å². The summed E-state index contributed by atoms with van der Waals surface area (Å²) in [4.78, 5) is 0. The normalized spacial score (nSPS) is 23.0. The molecule has 0 spiro atoms. The molecular weight excluding hydrogens is 548 g/mol. The van der Waals surface area contributed by atoms with Gasteiger partial charge in [0.25, 0.3) is 0 Å². The predicted octanol–water partition coefficient (Wildman–Crippen LogP) is 3.20. The van der Waals surface area contributed by atoms with Crippen LogP contribution in [0.4, 0.5) is 0 Å². The number of hydrogen-bond donors (Lipinski definition) is 10. The Hall–Kier alpha value is -5.00. The topological polar surface area (TPSA) is 212 Å². The monoisotopic (exact) mass is 576 g/mol. The Kier molecular flexibility index (Phi) is 6.36. The Bertz CT molecular complexity index is 1720. The van der Waals surface area contributed by atoms with Gasteiger partial charge in [-0.3, -0.25) is 0 Å². The van der Waals surface area contributed by atoms with E-state index in [-0.39, 0.29) is 58.3 Å². The second kappa shape index (κ2) is 9.82. The molecule has 1 heterocycles. The Balaban J connectivity index is 1.55. The van der Waals surface area contributed by atoms with E-state index < -0.39 is 53.1 Å². The molecule has 0 saturated carbocycles. The maximum atomic E-state index is 11.8. The lowest BCUT2D eigenvalue weighted by Gasteiger charge is -2.40. The maximum absolute atomic E-state index is 11.8. The van der Waals surface area contributed by atoms with Crippen LogP contribution in [0.3, 0.4) is 0 Å². The Labute approximate surface area is 238 Å². The van der Waals surface area contributed by atoms with Crippen molar-refractivity contribution >= 4 is 0 Å². The van der Waals surface area contributed by atoms with E-state index in [0.29, 0.717) is 16.7 Å². The molecule has 0 unspecified atom stereocenters. The van der Waals surface area contributed by atoms with Crippen molar-refractivity contribution in [1.82, 2.24) is 0 Å². The van der Waals surface area contributed by atoms with E-state index >= 15 is 0 Å². The van der Waals surface area contributed by atoms with Crippen LogP contribution in [0.15, 0.2) is 54.6 Å². The van der Waals surface area contributed by atoms with Gasteiger partial charge in [0, 0.05) is 47.2 Å². The summed E-state index contributed by atoms with van der Waals surface area (Å²) in [6.45, 7) is 0. The minimum absolute atomic E-state index is 0.0163. The highest BCUT2D eigenvalue weighted by atomic mass is 16.5. The molecule has 2 aliphatic rings. The number of benzene rings is 4. The number of phenolic OH excluding ortho intramolecular Hbond substituents is 8. The van der Waals surface area contributed by atoms with Gasteiger partial charge >= 0.3 is 0 Å². The number of ether oxygens (including phenoxy) is 1. The van der Waals surface area contributed by atoms with Crippen molar-refractivity contribution in [2.75, 3.05) is 0 Å². The Morgan fingerprint density at radius 3 is 1.83 bits per heavy atom. The molecule has 0 fully saturated rings. The summed E-state index contributed by atoms with van der Waals surface area (Å²) in [7, 11) is 0. The predicted molar refractivity (Wildman–Crippen MR) is 146 cm³/mol. The fourth-order valence-corrected chi connectivity index (χ4v) is 6.25. The quantitative estimate of drug-likeness (QED) is 0.160. The van der Waals surface area contributed by atoms with Gasteiger partial charge < -0.3 is 55.8 Å². The molecule has 0 aromatic heterocycles. The van der Waals surface area contributed by atoms with E-state index in [2.05, 4.69) is 0 Å². The molecule has 0 radical (unpaired) electrons. The zero-order chi connectivity index (χ0) is 30.0. The van der Waals surface area contributed by atoms with Crippen LogP contribution in [0, 0.1) is 0 Å². The molecule has 0 saturated heterocycles. The molecule has 1 aliphatic carbocycles. The summed E-state index contributed by atoms with van der Waals surface area (Å²) in [5.41, 5.74) is 1.60. The summed E-state index contributed by atoms with van der Waals surface area (Å²) in [5, 5.41) is 106. The molecule has 4 aromatic carbocycles. The molecular formula is C31H28O11. The van der Waals surface area contributed by atoms with Gasteiger partial charge in [0.2, 0.25) is 0 Å². The lowest BCUT2D eigenvalue weighted by Crippen LogP contribution is -2.37. The molecule has 6 rings (SSSR count). The zero-order valence-electron chi connectivity index (χ0n) is 21.9. The highest BCUT2D eigenvalue weighted by Gasteiger charge is 2.45. The minimum Gasteiger partial charge on any atom is -0.508 e. The van der Waals surface area contributed by atoms with E-state index in [9.17, 15) is 51.1 Å². The van der Waals surface area contributed by atoms with Crippen LogP contribution in [0.25, 0.3) is 0 Å². The summed E-state index contributed by atoms with van der Waals surface area (Å²) in [6, 6.07) is 11.4. The standard InChI is InChI=1S/C31H28O11/c32-14-7-24(39)28-26(8-14)42-31(13-2-4-19(34)23(38)6-13)30(41)29(28)27-17-9-15(12-1-3-18(33)22(37)5-12)20(35)10-16(17)21(36)11-25(27)40/h1-8,11,15,20,29-41H,9-10H2/t15-,20+,29-,30+,31-/m1/s1. The number of aliphatic hydroxyl groups excluding tert-OH is 2. The highest BCUT2D eigenvalue weighted by molar-refractivity contribution is 5.64. The van der Waals surface area contributed by atoms with Crippen molar-refractivity contribution in [1.29, 1.82) is 0 Å². The average Bonchev–Trinajstić information content (AvgIpc) is 2.93. The summed E-state index contributed by atoms with van der Waals surface area (Å²) in [6.07, 6.45) is -3.77. The van der Waals surface area contributed by atoms with Gasteiger partial charge in [-0.1, -0.05) is 12.1 Å². The number of aromatic hydroxyl groups is 8. The third-order valence-electron chi connectivity index (χ3n) is 8.24. The van der Waals surface area contributed by atoms with Crippen molar-refractivity contribution in [3.05, 3.63) is 88.0 Å². The van der Waals surface area contributed by atoms with Crippen molar-refractivity contribution in [2.24, 2.45) is 0 Å². The first kappa shape index (κ1) is 27.2. The van der Waals surface area contributed by atoms with Crippen LogP contribution in [-0.4, -0.2) is 63.3 Å². The maximum Gasteiger partial charge on any atom is 0.157 e. The fourth-order valence-electron chi connectivity index (χ4n) is 6.25. The van der Waals surface area contributed by atoms with E-state index in [1.165, 1.54) is 42.5 Å². The number of aliphatic hydroxyl groups is 2. The lowest BCUT2D eigenvalue weighted by atomic mass is 9.71. The molecule has 11 nitrogen and oxygen atoms in total. The molecule has 42 heavy (non-hydrogen) atoms. The minimum atomic E-state index is -1.51. The summed E-state index contributed by atoms with van der Waals surface area (Å²) >= 11 is 0. The first-order chi connectivity index (χ1) is 19.9. The van der Waals surface area contributed by atoms with Crippen molar-refractivity contribution in [3.63, 3.8) is 0 Å². The fraction of sp³-hybridized carbons (Fsp3) is 0.226. The molecule has 0 bridgehead atoms. The van der Waals surface area contributed by atoms with E-state index in [1.54, 1.807) is 0 Å². The Morgan fingerprint density at radius 2 is 1.17 bits per heavy atom. The number of hydrogen-bond acceptors (Lipinski definition) is 11. The van der Waals surface area contributed by atoms with Gasteiger partial charge in [-0.25, -0.2) is 0 Å². The second-order valence-corrected chi connectivity index (χ2v) is 10.7. The SMILES string of the molecule is Oc1cc(O)c2c(c1)O[C@H](c1ccc(O)c(O)c1)[C@@H](O)[C@@H]2c1c(O)cc(O)c2c1C[C@H](c1ccc(O)c(O)c1)[C@@H](O)C2. The summed E-state index contributed by atoms with van der Waals surface area (Å²) in [5.74, 6) is -4.92. The smallest absolute Gasteiger partial charge is 0.157 e. The van der Waals surface area contributed by atoms with E-state index in [0.717, 1.165) is 12.1 Å². The van der Waals surface area contributed by atoms with Crippen LogP contribution in [-0.2, 0) is 12.8 Å². The molecule has 5 atom stereocenters. The molecule has 4 aromatic rings. The second-order valence-electron chi connectivity index (χ2n) is 10.7. The van der Waals surface area contributed by atoms with Crippen LogP contribution in [0.5, 0.6) is 51.7 Å². The van der Waals surface area contributed by atoms with Gasteiger partial charge in [-0.15, -0.1) is 0 Å². The van der Waals surface area contributed by atoms with Crippen LogP contribution in [0.1, 0.15) is 51.3 Å². The number of rotatable bonds is 3. The van der Waals surface area contributed by atoms with Crippen molar-refractivity contribution in [3.8, 4) is 51.7 Å². The highest BCUT2D eigenvalue weighted by Crippen LogP contribution is 2.55. The number of fused-ring (bicyclic) bond motifs is 2. The molecule has 1 aliphatic heterocycles. The Morgan fingerprint density at radius 1 is 0.548 bits per heavy atom. The first-order valence-electron chi connectivity index (χ1n) is 13.1. The lowest BCUT2D eigenvalue weighted by molar-refractivity contribution is 0.00654. The largest absolute Gasteiger partial charge is 0.508 e. The van der Waals surface area contributed by atoms with Gasteiger partial charge in [-0.2, -0.15) is 0 Å². The van der Waals surface area contributed by atoms with Crippen LogP contribution in [0.2, 0.25) is 0 Å². The third-order valence-corrected chi connectivity index (χ3v) is 8.24. The van der Waals surface area contributed by atoms with Crippen molar-refractivity contribution in [2.45, 2.75) is 43.0 Å². The number of phenols is 8. The molecule has 218 valence electrons. The first-order valence-corrected chi connectivity index (χ1v) is 13.1. The van der Waals surface area contributed by atoms with Crippen LogP contribution >= 0.6 is 0 Å². The molecule has 0 amide bonds.